The van der Waals surface area contributed by atoms with E-state index in [1.54, 1.807) is 42.5 Å². The number of nitrogens with one attached hydrogen (secondary N) is 1. The van der Waals surface area contributed by atoms with Gasteiger partial charge in [0.1, 0.15) is 42.1 Å². The SMILES string of the molecule is OCC1OC(c2ccc(-c3ccc(C4C(CCC(O)c5ccc(F)cc5)NC(=S)N4c4ccc(-c5ccccc5)cc4)c(O)c3)cc2)C(O)C(O)C1O. The largest absolute Gasteiger partial charge is 0.508 e. The van der Waals surface area contributed by atoms with Crippen molar-refractivity contribution in [2.45, 2.75) is 61.5 Å². The van der Waals surface area contributed by atoms with Crippen LogP contribution in [0.1, 0.15) is 47.8 Å². The topological polar surface area (TPSA) is 146 Å². The van der Waals surface area contributed by atoms with Crippen LogP contribution in [0.2, 0.25) is 0 Å². The van der Waals surface area contributed by atoms with E-state index in [9.17, 15) is 35.0 Å². The Morgan fingerprint density at radius 1 is 0.755 bits per heavy atom. The number of benzene rings is 5. The Morgan fingerprint density at radius 2 is 1.38 bits per heavy atom. The van der Waals surface area contributed by atoms with E-state index in [4.69, 9.17) is 17.0 Å². The number of hydrogen-bond donors (Lipinski definition) is 7. The number of aromatic hydroxyl groups is 1. The minimum absolute atomic E-state index is 0.0481. The minimum Gasteiger partial charge on any atom is -0.508 e. The summed E-state index contributed by atoms with van der Waals surface area (Å²) in [5.74, 6) is -0.326. The fourth-order valence-electron chi connectivity index (χ4n) is 7.33. The molecule has 0 amide bonds. The molecule has 53 heavy (non-hydrogen) atoms. The van der Waals surface area contributed by atoms with Crippen LogP contribution in [0.3, 0.4) is 0 Å². The van der Waals surface area contributed by atoms with Gasteiger partial charge in [0.05, 0.1) is 24.8 Å². The third kappa shape index (κ3) is 7.55. The number of aliphatic hydroxyl groups is 5. The number of hydrogen-bond acceptors (Lipinski definition) is 8. The number of rotatable bonds is 10. The zero-order valence-corrected chi connectivity index (χ0v) is 29.4. The highest BCUT2D eigenvalue weighted by molar-refractivity contribution is 7.80. The van der Waals surface area contributed by atoms with Crippen molar-refractivity contribution in [2.24, 2.45) is 0 Å². The van der Waals surface area contributed by atoms with Gasteiger partial charge < -0.3 is 45.6 Å². The van der Waals surface area contributed by atoms with Gasteiger partial charge in [0.2, 0.25) is 0 Å². The van der Waals surface area contributed by atoms with E-state index in [-0.39, 0.29) is 17.6 Å². The van der Waals surface area contributed by atoms with Gasteiger partial charge in [0, 0.05) is 11.3 Å². The first-order chi connectivity index (χ1) is 25.6. The minimum atomic E-state index is -1.48. The molecule has 274 valence electrons. The number of ether oxygens (including phenoxy) is 1. The molecule has 11 heteroatoms. The molecule has 5 aromatic carbocycles. The summed E-state index contributed by atoms with van der Waals surface area (Å²) in [4.78, 5) is 1.99. The number of halogens is 1. The van der Waals surface area contributed by atoms with E-state index in [0.29, 0.717) is 34.6 Å². The van der Waals surface area contributed by atoms with Gasteiger partial charge in [-0.3, -0.25) is 0 Å². The standard InChI is InChI=1S/C42H41FN2O7S/c43-30-15-10-27(11-16-30)34(47)21-20-33-37(45(42(53)44-33)31-17-12-25(13-18-31)24-4-2-1-3-5-24)32-19-14-29(22-35(32)48)26-6-8-28(9-7-26)41-40(51)39(50)38(49)36(23-46)52-41/h1-19,22,33-34,36-41,46-51H,20-21,23H2,(H,44,53). The molecule has 7 N–H and O–H groups in total. The number of aliphatic hydroxyl groups excluding tert-OH is 5. The monoisotopic (exact) mass is 736 g/mol. The summed E-state index contributed by atoms with van der Waals surface area (Å²) in [6.07, 6.45) is -6.27. The zero-order valence-electron chi connectivity index (χ0n) is 28.6. The van der Waals surface area contributed by atoms with Crippen LogP contribution in [0.4, 0.5) is 10.1 Å². The van der Waals surface area contributed by atoms with Gasteiger partial charge in [-0.05, 0) is 88.8 Å². The van der Waals surface area contributed by atoms with Crippen LogP contribution in [0.15, 0.2) is 121 Å². The number of thiocarbonyl (C=S) groups is 1. The van der Waals surface area contributed by atoms with E-state index < -0.39 is 49.3 Å². The number of anilines is 1. The molecular formula is C42H41FN2O7S. The van der Waals surface area contributed by atoms with Crippen molar-refractivity contribution >= 4 is 23.0 Å². The van der Waals surface area contributed by atoms with Gasteiger partial charge in [-0.2, -0.15) is 0 Å². The maximum Gasteiger partial charge on any atom is 0.174 e. The average Bonchev–Trinajstić information content (AvgIpc) is 3.52. The van der Waals surface area contributed by atoms with Crippen molar-refractivity contribution in [3.05, 3.63) is 144 Å². The lowest BCUT2D eigenvalue weighted by molar-refractivity contribution is -0.231. The normalized spacial score (nSPS) is 24.9. The van der Waals surface area contributed by atoms with Crippen LogP contribution in [0, 0.1) is 5.82 Å². The maximum absolute atomic E-state index is 13.5. The lowest BCUT2D eigenvalue weighted by Gasteiger charge is -2.40. The molecule has 0 spiro atoms. The third-order valence-corrected chi connectivity index (χ3v) is 10.6. The highest BCUT2D eigenvalue weighted by Gasteiger charge is 2.44. The quantitative estimate of drug-likeness (QED) is 0.0893. The van der Waals surface area contributed by atoms with Gasteiger partial charge in [-0.1, -0.05) is 91.0 Å². The summed E-state index contributed by atoms with van der Waals surface area (Å²) < 4.78 is 19.3. The molecule has 2 saturated heterocycles. The Labute approximate surface area is 312 Å². The van der Waals surface area contributed by atoms with E-state index in [0.717, 1.165) is 27.9 Å². The molecule has 0 radical (unpaired) electrons. The first kappa shape index (κ1) is 36.6. The Morgan fingerprint density at radius 3 is 2.04 bits per heavy atom. The molecule has 0 aliphatic carbocycles. The molecule has 2 heterocycles. The average molecular weight is 737 g/mol. The van der Waals surface area contributed by atoms with Gasteiger partial charge in [-0.15, -0.1) is 0 Å². The van der Waals surface area contributed by atoms with Crippen LogP contribution < -0.4 is 10.2 Å². The highest BCUT2D eigenvalue weighted by atomic mass is 32.1. The van der Waals surface area contributed by atoms with E-state index >= 15 is 0 Å². The van der Waals surface area contributed by atoms with Crippen molar-refractivity contribution < 1.29 is 39.8 Å². The molecule has 0 aromatic heterocycles. The summed E-state index contributed by atoms with van der Waals surface area (Å²) in [5, 5.41) is 67.2. The van der Waals surface area contributed by atoms with Crippen LogP contribution in [0.25, 0.3) is 22.3 Å². The van der Waals surface area contributed by atoms with Crippen LogP contribution >= 0.6 is 12.2 Å². The summed E-state index contributed by atoms with van der Waals surface area (Å²) >= 11 is 5.90. The molecule has 8 atom stereocenters. The Bertz CT molecular complexity index is 2020. The van der Waals surface area contributed by atoms with Crippen molar-refractivity contribution in [2.75, 3.05) is 11.5 Å². The zero-order chi connectivity index (χ0) is 37.2. The van der Waals surface area contributed by atoms with E-state index in [2.05, 4.69) is 5.32 Å². The molecular weight excluding hydrogens is 696 g/mol. The summed E-state index contributed by atoms with van der Waals surface area (Å²) in [7, 11) is 0. The van der Waals surface area contributed by atoms with E-state index in [1.807, 2.05) is 71.6 Å². The predicted octanol–water partition coefficient (Wildman–Crippen LogP) is 5.70. The number of nitrogens with zero attached hydrogens (tertiary/aromatic N) is 1. The molecule has 2 fully saturated rings. The molecule has 5 aromatic rings. The Balaban J connectivity index is 1.17. The third-order valence-electron chi connectivity index (χ3n) is 10.3. The second-order valence-corrected chi connectivity index (χ2v) is 14.0. The fraction of sp³-hybridized carbons (Fsp3) is 0.262. The van der Waals surface area contributed by atoms with Crippen molar-refractivity contribution in [3.8, 4) is 28.0 Å². The smallest absolute Gasteiger partial charge is 0.174 e. The van der Waals surface area contributed by atoms with Crippen molar-refractivity contribution in [3.63, 3.8) is 0 Å². The Hall–Kier alpha value is -4.72. The van der Waals surface area contributed by atoms with Crippen LogP contribution in [-0.2, 0) is 4.74 Å². The number of phenols is 1. The second kappa shape index (κ2) is 15.7. The Kier molecular flexibility index (Phi) is 10.9. The van der Waals surface area contributed by atoms with Gasteiger partial charge in [0.15, 0.2) is 5.11 Å². The molecule has 0 saturated carbocycles. The lowest BCUT2D eigenvalue weighted by Crippen LogP contribution is -2.55. The molecule has 9 nitrogen and oxygen atoms in total. The van der Waals surface area contributed by atoms with Crippen molar-refractivity contribution in [1.82, 2.24) is 5.32 Å². The second-order valence-electron chi connectivity index (χ2n) is 13.6. The molecule has 0 bridgehead atoms. The predicted molar refractivity (Wildman–Crippen MR) is 203 cm³/mol. The summed E-state index contributed by atoms with van der Waals surface area (Å²) in [6, 6.07) is 35.7. The first-order valence-corrected chi connectivity index (χ1v) is 18.0. The van der Waals surface area contributed by atoms with Gasteiger partial charge in [0.25, 0.3) is 0 Å². The van der Waals surface area contributed by atoms with Crippen molar-refractivity contribution in [1.29, 1.82) is 0 Å². The summed E-state index contributed by atoms with van der Waals surface area (Å²) in [5.41, 5.74) is 6.26. The fourth-order valence-corrected chi connectivity index (χ4v) is 7.70. The van der Waals surface area contributed by atoms with Gasteiger partial charge in [-0.25, -0.2) is 4.39 Å². The maximum atomic E-state index is 13.5. The lowest BCUT2D eigenvalue weighted by atomic mass is 9.90. The molecule has 2 aliphatic rings. The molecule has 7 rings (SSSR count). The van der Waals surface area contributed by atoms with Crippen LogP contribution in [0.5, 0.6) is 5.75 Å². The van der Waals surface area contributed by atoms with E-state index in [1.165, 1.54) is 12.1 Å². The number of phenolic OH excluding ortho intramolecular Hbond substituents is 1. The van der Waals surface area contributed by atoms with Crippen LogP contribution in [-0.4, -0.2) is 72.8 Å². The summed E-state index contributed by atoms with van der Waals surface area (Å²) in [6.45, 7) is -0.515. The molecule has 8 unspecified atom stereocenters. The highest BCUT2D eigenvalue weighted by Crippen LogP contribution is 2.42. The molecule has 2 aliphatic heterocycles. The van der Waals surface area contributed by atoms with Gasteiger partial charge >= 0.3 is 0 Å². The first-order valence-electron chi connectivity index (χ1n) is 17.6.